The van der Waals surface area contributed by atoms with Gasteiger partial charge in [-0.1, -0.05) is 26.0 Å². The van der Waals surface area contributed by atoms with Crippen LogP contribution in [0.3, 0.4) is 0 Å². The van der Waals surface area contributed by atoms with Crippen LogP contribution in [-0.2, 0) is 12.0 Å². The van der Waals surface area contributed by atoms with E-state index in [2.05, 4.69) is 39.6 Å². The van der Waals surface area contributed by atoms with Crippen LogP contribution in [0.25, 0.3) is 5.82 Å². The Bertz CT molecular complexity index is 934. The van der Waals surface area contributed by atoms with Gasteiger partial charge in [0.1, 0.15) is 5.82 Å². The lowest BCUT2D eigenvalue weighted by molar-refractivity contribution is 0.503. The van der Waals surface area contributed by atoms with Crippen molar-refractivity contribution in [2.45, 2.75) is 25.8 Å². The first kappa shape index (κ1) is 19.5. The Kier molecular flexibility index (Phi) is 6.03. The molecule has 6 nitrogen and oxygen atoms in total. The molecule has 3 aromatic rings. The number of nitrogens with zero attached hydrogens (tertiary/aromatic N) is 4. The van der Waals surface area contributed by atoms with Crippen LogP contribution in [0, 0.1) is 5.82 Å². The lowest BCUT2D eigenvalue weighted by Crippen LogP contribution is -2.43. The van der Waals surface area contributed by atoms with Gasteiger partial charge in [-0.05, 0) is 41.5 Å². The van der Waals surface area contributed by atoms with Crippen molar-refractivity contribution in [3.63, 3.8) is 0 Å². The highest BCUT2D eigenvalue weighted by atomic mass is 19.1. The minimum Gasteiger partial charge on any atom is -0.356 e. The summed E-state index contributed by atoms with van der Waals surface area (Å²) in [5.41, 5.74) is 1.75. The average Bonchev–Trinajstić information content (AvgIpc) is 3.23. The molecule has 0 fully saturated rings. The Morgan fingerprint density at radius 1 is 1.14 bits per heavy atom. The molecule has 0 amide bonds. The fourth-order valence-electron chi connectivity index (χ4n) is 2.82. The number of benzene rings is 1. The van der Waals surface area contributed by atoms with E-state index >= 15 is 0 Å². The number of aliphatic imine (C=N–C) groups is 1. The molecule has 2 heterocycles. The average molecular weight is 380 g/mol. The van der Waals surface area contributed by atoms with Gasteiger partial charge >= 0.3 is 0 Å². The molecule has 146 valence electrons. The molecule has 2 N–H and O–H groups in total. The van der Waals surface area contributed by atoms with Crippen molar-refractivity contribution in [1.82, 2.24) is 25.4 Å². The number of guanidine groups is 1. The van der Waals surface area contributed by atoms with Gasteiger partial charge in [0, 0.05) is 44.1 Å². The van der Waals surface area contributed by atoms with E-state index in [1.54, 1.807) is 36.3 Å². The van der Waals surface area contributed by atoms with Crippen molar-refractivity contribution in [2.75, 3.05) is 13.6 Å². The molecule has 3 rings (SSSR count). The fraction of sp³-hybridized carbons (Fsp3) is 0.286. The van der Waals surface area contributed by atoms with Crippen LogP contribution in [0.2, 0.25) is 0 Å². The molecule has 1 aromatic carbocycles. The van der Waals surface area contributed by atoms with E-state index in [-0.39, 0.29) is 11.2 Å². The van der Waals surface area contributed by atoms with Gasteiger partial charge in [-0.3, -0.25) is 4.99 Å². The molecular weight excluding hydrogens is 355 g/mol. The van der Waals surface area contributed by atoms with E-state index in [1.807, 2.05) is 30.5 Å². The largest absolute Gasteiger partial charge is 0.356 e. The summed E-state index contributed by atoms with van der Waals surface area (Å²) in [4.78, 5) is 8.61. The van der Waals surface area contributed by atoms with Crippen molar-refractivity contribution in [2.24, 2.45) is 4.99 Å². The van der Waals surface area contributed by atoms with Gasteiger partial charge in [0.05, 0.1) is 0 Å². The van der Waals surface area contributed by atoms with Crippen LogP contribution < -0.4 is 10.6 Å². The molecule has 0 spiro atoms. The third-order valence-electron chi connectivity index (χ3n) is 4.54. The highest BCUT2D eigenvalue weighted by Crippen LogP contribution is 2.22. The molecule has 0 aliphatic rings. The van der Waals surface area contributed by atoms with Crippen molar-refractivity contribution in [1.29, 1.82) is 0 Å². The van der Waals surface area contributed by atoms with Gasteiger partial charge in [0.15, 0.2) is 11.8 Å². The first-order chi connectivity index (χ1) is 13.5. The second-order valence-electron chi connectivity index (χ2n) is 7.15. The number of hydrogen-bond acceptors (Lipinski definition) is 3. The standard InChI is InChI=1S/C21H25FN6/c1-21(2,17-6-4-7-18(22)13-17)15-26-20(23-3)25-14-16-8-10-24-19(12-16)28-11-5-9-27-28/h4-13H,14-15H2,1-3H3,(H2,23,25,26). The molecular formula is C21H25FN6. The number of halogens is 1. The van der Waals surface area contributed by atoms with Gasteiger partial charge in [-0.25, -0.2) is 14.1 Å². The number of nitrogens with one attached hydrogen (secondary N) is 2. The smallest absolute Gasteiger partial charge is 0.191 e. The van der Waals surface area contributed by atoms with E-state index in [0.29, 0.717) is 19.0 Å². The van der Waals surface area contributed by atoms with E-state index in [1.165, 1.54) is 6.07 Å². The normalized spacial score (nSPS) is 12.1. The number of aromatic nitrogens is 3. The summed E-state index contributed by atoms with van der Waals surface area (Å²) in [6, 6.07) is 12.5. The summed E-state index contributed by atoms with van der Waals surface area (Å²) in [5.74, 6) is 1.22. The molecule has 2 aromatic heterocycles. The molecule has 0 saturated carbocycles. The summed E-state index contributed by atoms with van der Waals surface area (Å²) in [7, 11) is 1.73. The molecule has 28 heavy (non-hydrogen) atoms. The Labute approximate surface area is 164 Å². The van der Waals surface area contributed by atoms with Gasteiger partial charge in [-0.15, -0.1) is 0 Å². The van der Waals surface area contributed by atoms with Crippen LogP contribution in [-0.4, -0.2) is 34.3 Å². The lowest BCUT2D eigenvalue weighted by Gasteiger charge is -2.27. The zero-order chi connectivity index (χ0) is 20.0. The first-order valence-corrected chi connectivity index (χ1v) is 9.13. The predicted octanol–water partition coefficient (Wildman–Crippen LogP) is 3.05. The zero-order valence-electron chi connectivity index (χ0n) is 16.4. The summed E-state index contributed by atoms with van der Waals surface area (Å²) in [6.45, 7) is 5.35. The highest BCUT2D eigenvalue weighted by molar-refractivity contribution is 5.79. The van der Waals surface area contributed by atoms with E-state index in [9.17, 15) is 4.39 Å². The maximum Gasteiger partial charge on any atom is 0.191 e. The molecule has 7 heteroatoms. The maximum atomic E-state index is 13.5. The van der Waals surface area contributed by atoms with Crippen LogP contribution in [0.5, 0.6) is 0 Å². The maximum absolute atomic E-state index is 13.5. The minimum absolute atomic E-state index is 0.223. The molecule has 0 radical (unpaired) electrons. The Balaban J connectivity index is 1.59. The molecule has 0 unspecified atom stereocenters. The number of rotatable bonds is 6. The monoisotopic (exact) mass is 380 g/mol. The summed E-state index contributed by atoms with van der Waals surface area (Å²) < 4.78 is 15.3. The fourth-order valence-corrected chi connectivity index (χ4v) is 2.82. The van der Waals surface area contributed by atoms with Crippen LogP contribution in [0.15, 0.2) is 66.0 Å². The van der Waals surface area contributed by atoms with Crippen molar-refractivity contribution in [3.8, 4) is 5.82 Å². The third-order valence-corrected chi connectivity index (χ3v) is 4.54. The van der Waals surface area contributed by atoms with E-state index in [4.69, 9.17) is 0 Å². The van der Waals surface area contributed by atoms with Crippen LogP contribution >= 0.6 is 0 Å². The molecule has 0 bridgehead atoms. The molecule has 0 aliphatic heterocycles. The summed E-state index contributed by atoms with van der Waals surface area (Å²) >= 11 is 0. The number of hydrogen-bond donors (Lipinski definition) is 2. The van der Waals surface area contributed by atoms with Crippen LogP contribution in [0.1, 0.15) is 25.0 Å². The van der Waals surface area contributed by atoms with E-state index < -0.39 is 0 Å². The van der Waals surface area contributed by atoms with E-state index in [0.717, 1.165) is 16.9 Å². The quantitative estimate of drug-likeness (QED) is 0.510. The van der Waals surface area contributed by atoms with Crippen molar-refractivity contribution in [3.05, 3.63) is 78.0 Å². The van der Waals surface area contributed by atoms with Crippen LogP contribution in [0.4, 0.5) is 4.39 Å². The molecule has 0 aliphatic carbocycles. The first-order valence-electron chi connectivity index (χ1n) is 9.13. The van der Waals surface area contributed by atoms with Crippen molar-refractivity contribution >= 4 is 5.96 Å². The second-order valence-corrected chi connectivity index (χ2v) is 7.15. The van der Waals surface area contributed by atoms with Gasteiger partial charge in [-0.2, -0.15) is 5.10 Å². The SMILES string of the molecule is CN=C(NCc1ccnc(-n2cccn2)c1)NCC(C)(C)c1cccc(F)c1. The zero-order valence-corrected chi connectivity index (χ0v) is 16.4. The Morgan fingerprint density at radius 3 is 2.71 bits per heavy atom. The van der Waals surface area contributed by atoms with Gasteiger partial charge < -0.3 is 10.6 Å². The Hall–Kier alpha value is -3.22. The topological polar surface area (TPSA) is 67.1 Å². The van der Waals surface area contributed by atoms with Gasteiger partial charge in [0.2, 0.25) is 0 Å². The predicted molar refractivity (Wildman–Crippen MR) is 109 cm³/mol. The Morgan fingerprint density at radius 2 is 2.00 bits per heavy atom. The highest BCUT2D eigenvalue weighted by Gasteiger charge is 2.21. The molecule has 0 saturated heterocycles. The van der Waals surface area contributed by atoms with Gasteiger partial charge in [0.25, 0.3) is 0 Å². The second kappa shape index (κ2) is 8.65. The molecule has 0 atom stereocenters. The lowest BCUT2D eigenvalue weighted by atomic mass is 9.84. The van der Waals surface area contributed by atoms with Crippen molar-refractivity contribution < 1.29 is 4.39 Å². The summed E-state index contributed by atoms with van der Waals surface area (Å²) in [6.07, 6.45) is 5.34. The number of pyridine rings is 1. The third kappa shape index (κ3) is 4.94. The minimum atomic E-state index is -0.246. The summed E-state index contributed by atoms with van der Waals surface area (Å²) in [5, 5.41) is 10.8.